The highest BCUT2D eigenvalue weighted by Crippen LogP contribution is 2.32. The van der Waals surface area contributed by atoms with Crippen LogP contribution in [0, 0.1) is 0 Å². The number of carbonyl (C=O) groups is 1. The van der Waals surface area contributed by atoms with E-state index in [1.165, 1.54) is 11.3 Å². The van der Waals surface area contributed by atoms with Crippen LogP contribution in [-0.2, 0) is 16.0 Å². The highest BCUT2D eigenvalue weighted by atomic mass is 19.1. The minimum atomic E-state index is -0.887. The Hall–Kier alpha value is -1.84. The molecule has 0 saturated carbocycles. The van der Waals surface area contributed by atoms with E-state index in [1.54, 1.807) is 13.8 Å². The van der Waals surface area contributed by atoms with E-state index >= 15 is 0 Å². The Morgan fingerprint density at radius 3 is 2.77 bits per heavy atom. The number of allylic oxidation sites excluding steroid dienone is 1. The van der Waals surface area contributed by atoms with Crippen molar-refractivity contribution in [2.45, 2.75) is 46.6 Å². The fourth-order valence-electron chi connectivity index (χ4n) is 2.87. The molecule has 1 aliphatic heterocycles. The number of anilines is 1. The van der Waals surface area contributed by atoms with E-state index in [-0.39, 0.29) is 6.61 Å². The molecule has 0 N–H and O–H groups in total. The number of fused-ring (bicyclic) bond motifs is 1. The second kappa shape index (κ2) is 6.95. The van der Waals surface area contributed by atoms with Crippen LogP contribution in [0.25, 0.3) is 5.57 Å². The summed E-state index contributed by atoms with van der Waals surface area (Å²) in [6.07, 6.45) is 2.08. The van der Waals surface area contributed by atoms with Crippen molar-refractivity contribution in [2.24, 2.45) is 0 Å². The number of halogens is 1. The number of esters is 1. The van der Waals surface area contributed by atoms with Gasteiger partial charge in [0, 0.05) is 18.3 Å². The summed E-state index contributed by atoms with van der Waals surface area (Å²) in [4.78, 5) is 13.9. The number of carbonyl (C=O) groups excluding carboxylic acids is 1. The van der Waals surface area contributed by atoms with E-state index in [2.05, 4.69) is 18.7 Å². The van der Waals surface area contributed by atoms with Gasteiger partial charge in [-0.1, -0.05) is 6.07 Å². The Morgan fingerprint density at radius 2 is 2.14 bits per heavy atom. The van der Waals surface area contributed by atoms with Crippen molar-refractivity contribution < 1.29 is 13.9 Å². The molecule has 0 amide bonds. The maximum Gasteiger partial charge on any atom is 0.367 e. The predicted molar refractivity (Wildman–Crippen MR) is 87.6 cm³/mol. The number of nitrogens with zero attached hydrogens (tertiary/aromatic N) is 1. The van der Waals surface area contributed by atoms with Gasteiger partial charge in [0.25, 0.3) is 0 Å². The number of aryl methyl sites for hydroxylation is 1. The zero-order chi connectivity index (χ0) is 16.3. The van der Waals surface area contributed by atoms with Crippen molar-refractivity contribution in [2.75, 3.05) is 18.1 Å². The van der Waals surface area contributed by atoms with Gasteiger partial charge < -0.3 is 9.64 Å². The molecule has 120 valence electrons. The second-order valence-corrected chi connectivity index (χ2v) is 5.89. The third-order valence-electron chi connectivity index (χ3n) is 4.07. The molecule has 3 nitrogen and oxygen atoms in total. The van der Waals surface area contributed by atoms with Gasteiger partial charge >= 0.3 is 5.97 Å². The molecule has 0 unspecified atom stereocenters. The van der Waals surface area contributed by atoms with Crippen LogP contribution in [-0.4, -0.2) is 25.2 Å². The molecule has 0 atom stereocenters. The number of ether oxygens (including phenoxy) is 1. The van der Waals surface area contributed by atoms with Gasteiger partial charge in [0.15, 0.2) is 0 Å². The minimum Gasteiger partial charge on any atom is -0.461 e. The van der Waals surface area contributed by atoms with Crippen molar-refractivity contribution >= 4 is 17.2 Å². The molecule has 0 radical (unpaired) electrons. The molecule has 1 aromatic rings. The molecule has 22 heavy (non-hydrogen) atoms. The van der Waals surface area contributed by atoms with Crippen LogP contribution in [0.2, 0.25) is 0 Å². The molecule has 0 fully saturated rings. The summed E-state index contributed by atoms with van der Waals surface area (Å²) >= 11 is 0. The number of benzene rings is 1. The quantitative estimate of drug-likeness (QED) is 0.619. The van der Waals surface area contributed by atoms with Crippen LogP contribution in [0.1, 0.15) is 45.2 Å². The molecule has 1 aliphatic rings. The van der Waals surface area contributed by atoms with E-state index in [1.807, 2.05) is 18.2 Å². The first-order chi connectivity index (χ1) is 10.5. The number of hydrogen-bond acceptors (Lipinski definition) is 3. The van der Waals surface area contributed by atoms with Crippen LogP contribution >= 0.6 is 0 Å². The van der Waals surface area contributed by atoms with E-state index in [9.17, 15) is 9.18 Å². The van der Waals surface area contributed by atoms with Gasteiger partial charge in [0.1, 0.15) is 0 Å². The average molecular weight is 305 g/mol. The summed E-state index contributed by atoms with van der Waals surface area (Å²) < 4.78 is 18.8. The molecule has 4 heteroatoms. The summed E-state index contributed by atoms with van der Waals surface area (Å²) in [6, 6.07) is 6.36. The molecule has 0 bridgehead atoms. The van der Waals surface area contributed by atoms with Crippen molar-refractivity contribution in [1.82, 2.24) is 0 Å². The summed E-state index contributed by atoms with van der Waals surface area (Å²) in [5.41, 5.74) is 3.51. The average Bonchev–Trinajstić information content (AvgIpc) is 2.52. The van der Waals surface area contributed by atoms with Crippen LogP contribution in [0.4, 0.5) is 10.1 Å². The maximum atomic E-state index is 14.1. The fourth-order valence-corrected chi connectivity index (χ4v) is 2.87. The minimum absolute atomic E-state index is 0.174. The monoisotopic (exact) mass is 305 g/mol. The molecule has 1 heterocycles. The zero-order valence-electron chi connectivity index (χ0n) is 13.8. The second-order valence-electron chi connectivity index (χ2n) is 5.89. The smallest absolute Gasteiger partial charge is 0.367 e. The van der Waals surface area contributed by atoms with Crippen molar-refractivity contribution in [3.8, 4) is 0 Å². The fraction of sp³-hybridized carbons (Fsp3) is 0.500. The maximum absolute atomic E-state index is 14.1. The van der Waals surface area contributed by atoms with Gasteiger partial charge in [-0.2, -0.15) is 4.39 Å². The Kier molecular flexibility index (Phi) is 5.22. The largest absolute Gasteiger partial charge is 0.461 e. The molecule has 0 aliphatic carbocycles. The predicted octanol–water partition coefficient (Wildman–Crippen LogP) is 4.11. The highest BCUT2D eigenvalue weighted by molar-refractivity contribution is 5.95. The molecule has 0 spiro atoms. The van der Waals surface area contributed by atoms with Gasteiger partial charge in [-0.3, -0.25) is 0 Å². The lowest BCUT2D eigenvalue weighted by Gasteiger charge is -2.35. The van der Waals surface area contributed by atoms with Crippen LogP contribution in [0.3, 0.4) is 0 Å². The first kappa shape index (κ1) is 16.5. The lowest BCUT2D eigenvalue weighted by molar-refractivity contribution is -0.140. The number of rotatable bonds is 4. The molecule has 0 saturated heterocycles. The van der Waals surface area contributed by atoms with Crippen molar-refractivity contribution in [3.63, 3.8) is 0 Å². The molecular weight excluding hydrogens is 281 g/mol. The molecule has 0 aromatic heterocycles. The van der Waals surface area contributed by atoms with Crippen LogP contribution in [0.15, 0.2) is 24.0 Å². The Morgan fingerprint density at radius 1 is 1.41 bits per heavy atom. The van der Waals surface area contributed by atoms with E-state index in [4.69, 9.17) is 4.74 Å². The summed E-state index contributed by atoms with van der Waals surface area (Å²) in [5.74, 6) is -1.69. The molecule has 1 aromatic carbocycles. The summed E-state index contributed by atoms with van der Waals surface area (Å²) in [5, 5.41) is 0. The van der Waals surface area contributed by atoms with Gasteiger partial charge in [-0.25, -0.2) is 4.79 Å². The van der Waals surface area contributed by atoms with Crippen LogP contribution < -0.4 is 4.90 Å². The van der Waals surface area contributed by atoms with E-state index in [0.717, 1.165) is 24.9 Å². The topological polar surface area (TPSA) is 29.5 Å². The lowest BCUT2D eigenvalue weighted by Crippen LogP contribution is -2.35. The normalized spacial score (nSPS) is 15.5. The third kappa shape index (κ3) is 3.32. The van der Waals surface area contributed by atoms with Gasteiger partial charge in [0.2, 0.25) is 5.83 Å². The SMILES string of the molecule is CCOC(=O)/C(F)=C(/C)c1ccc2c(c1)CCCN2C(C)C. The van der Waals surface area contributed by atoms with E-state index in [0.29, 0.717) is 11.6 Å². The van der Waals surface area contributed by atoms with Crippen molar-refractivity contribution in [1.29, 1.82) is 0 Å². The first-order valence-electron chi connectivity index (χ1n) is 7.89. The summed E-state index contributed by atoms with van der Waals surface area (Å²) in [6.45, 7) is 8.86. The van der Waals surface area contributed by atoms with Crippen molar-refractivity contribution in [3.05, 3.63) is 35.2 Å². The Labute approximate surface area is 131 Å². The van der Waals surface area contributed by atoms with Gasteiger partial charge in [-0.05, 0) is 69.4 Å². The Balaban J connectivity index is 2.35. The standard InChI is InChI=1S/C18H24FNO2/c1-5-22-18(21)17(19)13(4)14-8-9-16-15(11-14)7-6-10-20(16)12(2)3/h8-9,11-12H,5-7,10H2,1-4H3/b17-13+. The van der Waals surface area contributed by atoms with Gasteiger partial charge in [-0.15, -0.1) is 0 Å². The van der Waals surface area contributed by atoms with Gasteiger partial charge in [0.05, 0.1) is 6.61 Å². The van der Waals surface area contributed by atoms with Crippen LogP contribution in [0.5, 0.6) is 0 Å². The molecular formula is C18H24FNO2. The Bertz CT molecular complexity index is 593. The van der Waals surface area contributed by atoms with E-state index < -0.39 is 11.8 Å². The first-order valence-corrected chi connectivity index (χ1v) is 7.89. The summed E-state index contributed by atoms with van der Waals surface area (Å²) in [7, 11) is 0. The highest BCUT2D eigenvalue weighted by Gasteiger charge is 2.21. The number of hydrogen-bond donors (Lipinski definition) is 0. The zero-order valence-corrected chi connectivity index (χ0v) is 13.8. The molecule has 2 rings (SSSR count). The lowest BCUT2D eigenvalue weighted by atomic mass is 9.95. The third-order valence-corrected chi connectivity index (χ3v) is 4.07.